The zero-order valence-corrected chi connectivity index (χ0v) is 12.8. The van der Waals surface area contributed by atoms with Crippen molar-refractivity contribution in [3.63, 3.8) is 0 Å². The minimum absolute atomic E-state index is 0.0338. The lowest BCUT2D eigenvalue weighted by molar-refractivity contribution is -0.135. The smallest absolute Gasteiger partial charge is 0.243 e. The molecule has 5 heteroatoms. The number of rotatable bonds is 3. The van der Waals surface area contributed by atoms with Gasteiger partial charge in [0.2, 0.25) is 11.8 Å². The molecule has 0 aromatic heterocycles. The summed E-state index contributed by atoms with van der Waals surface area (Å²) >= 11 is 0. The summed E-state index contributed by atoms with van der Waals surface area (Å²) in [7, 11) is 0. The second kappa shape index (κ2) is 6.36. The van der Waals surface area contributed by atoms with Gasteiger partial charge in [-0.2, -0.15) is 0 Å². The molecule has 1 aliphatic heterocycles. The molecule has 1 aliphatic carbocycles. The molecule has 2 aliphatic rings. The lowest BCUT2D eigenvalue weighted by Crippen LogP contribution is -2.40. The van der Waals surface area contributed by atoms with Gasteiger partial charge in [-0.15, -0.1) is 0 Å². The molecule has 23 heavy (non-hydrogen) atoms. The van der Waals surface area contributed by atoms with E-state index in [2.05, 4.69) is 11.9 Å². The predicted molar refractivity (Wildman–Crippen MR) is 84.9 cm³/mol. The first-order valence-corrected chi connectivity index (χ1v) is 7.75. The summed E-state index contributed by atoms with van der Waals surface area (Å²) in [5.41, 5.74) is 1.60. The molecule has 0 saturated carbocycles. The Morgan fingerprint density at radius 3 is 2.96 bits per heavy atom. The molecule has 1 aromatic carbocycles. The highest BCUT2D eigenvalue weighted by atomic mass is 19.1. The molecule has 0 spiro atoms. The van der Waals surface area contributed by atoms with Crippen molar-refractivity contribution in [2.75, 3.05) is 6.54 Å². The van der Waals surface area contributed by atoms with Gasteiger partial charge in [-0.3, -0.25) is 9.59 Å². The van der Waals surface area contributed by atoms with Crippen LogP contribution in [0.5, 0.6) is 0 Å². The van der Waals surface area contributed by atoms with E-state index in [9.17, 15) is 14.0 Å². The number of amides is 2. The minimum Gasteiger partial charge on any atom is -0.346 e. The van der Waals surface area contributed by atoms with Crippen LogP contribution in [0.1, 0.15) is 17.5 Å². The Labute approximate surface area is 134 Å². The third kappa shape index (κ3) is 3.18. The summed E-state index contributed by atoms with van der Waals surface area (Å²) in [5.74, 6) is -0.635. The zero-order chi connectivity index (χ0) is 16.4. The van der Waals surface area contributed by atoms with Crippen molar-refractivity contribution < 1.29 is 14.0 Å². The van der Waals surface area contributed by atoms with Crippen molar-refractivity contribution >= 4 is 11.8 Å². The van der Waals surface area contributed by atoms with Crippen LogP contribution in [0.4, 0.5) is 4.39 Å². The average Bonchev–Trinajstić information content (AvgIpc) is 3.02. The maximum Gasteiger partial charge on any atom is 0.243 e. The van der Waals surface area contributed by atoms with Gasteiger partial charge in [-0.1, -0.05) is 30.9 Å². The largest absolute Gasteiger partial charge is 0.346 e. The SMILES string of the molecule is C=CC(=O)N[C@H]1C=C[C@@H](C(=O)N2CCc3c(F)cccc3C2)C1. The summed E-state index contributed by atoms with van der Waals surface area (Å²) < 4.78 is 13.7. The molecule has 120 valence electrons. The molecule has 0 bridgehead atoms. The van der Waals surface area contributed by atoms with Gasteiger partial charge in [0.25, 0.3) is 0 Å². The molecule has 1 N–H and O–H groups in total. The van der Waals surface area contributed by atoms with E-state index >= 15 is 0 Å². The summed E-state index contributed by atoms with van der Waals surface area (Å²) in [4.78, 5) is 25.7. The van der Waals surface area contributed by atoms with E-state index in [1.165, 1.54) is 12.1 Å². The number of nitrogens with one attached hydrogen (secondary N) is 1. The highest BCUT2D eigenvalue weighted by Gasteiger charge is 2.31. The maximum atomic E-state index is 13.7. The normalized spacial score (nSPS) is 22.6. The Morgan fingerprint density at radius 2 is 2.17 bits per heavy atom. The number of carbonyl (C=O) groups excluding carboxylic acids is 2. The summed E-state index contributed by atoms with van der Waals surface area (Å²) in [5, 5.41) is 2.78. The first-order chi connectivity index (χ1) is 11.1. The average molecular weight is 314 g/mol. The molecule has 4 nitrogen and oxygen atoms in total. The second-order valence-electron chi connectivity index (χ2n) is 5.93. The number of nitrogens with zero attached hydrogens (tertiary/aromatic N) is 1. The summed E-state index contributed by atoms with van der Waals surface area (Å²) in [6.45, 7) is 4.39. The number of hydrogen-bond acceptors (Lipinski definition) is 2. The molecule has 3 rings (SSSR count). The highest BCUT2D eigenvalue weighted by Crippen LogP contribution is 2.26. The molecule has 0 unspecified atom stereocenters. The maximum absolute atomic E-state index is 13.7. The number of hydrogen-bond donors (Lipinski definition) is 1. The molecular weight excluding hydrogens is 295 g/mol. The third-order valence-electron chi connectivity index (χ3n) is 4.43. The molecule has 0 fully saturated rings. The van der Waals surface area contributed by atoms with Gasteiger partial charge < -0.3 is 10.2 Å². The van der Waals surface area contributed by atoms with Crippen LogP contribution in [0, 0.1) is 11.7 Å². The zero-order valence-electron chi connectivity index (χ0n) is 12.8. The van der Waals surface area contributed by atoms with Crippen molar-refractivity contribution in [3.05, 3.63) is 60.0 Å². The standard InChI is InChI=1S/C18H19FN2O2/c1-2-17(22)20-14-7-6-12(10-14)18(23)21-9-8-15-13(11-21)4-3-5-16(15)19/h2-7,12,14H,1,8-11H2,(H,20,22)/t12-,14+/m1/s1. The summed E-state index contributed by atoms with van der Waals surface area (Å²) in [6.07, 6.45) is 6.02. The van der Waals surface area contributed by atoms with Gasteiger partial charge in [-0.05, 0) is 36.1 Å². The van der Waals surface area contributed by atoms with Crippen LogP contribution in [0.15, 0.2) is 43.0 Å². The number of fused-ring (bicyclic) bond motifs is 1. The molecule has 2 amide bonds. The Morgan fingerprint density at radius 1 is 1.35 bits per heavy atom. The van der Waals surface area contributed by atoms with E-state index in [1.807, 2.05) is 18.2 Å². The van der Waals surface area contributed by atoms with Gasteiger partial charge in [0, 0.05) is 19.1 Å². The Kier molecular flexibility index (Phi) is 4.28. The van der Waals surface area contributed by atoms with Crippen molar-refractivity contribution in [2.45, 2.75) is 25.4 Å². The monoisotopic (exact) mass is 314 g/mol. The van der Waals surface area contributed by atoms with Crippen molar-refractivity contribution in [3.8, 4) is 0 Å². The fourth-order valence-electron chi connectivity index (χ4n) is 3.22. The van der Waals surface area contributed by atoms with Gasteiger partial charge in [0.1, 0.15) is 5.82 Å². The molecule has 1 aromatic rings. The van der Waals surface area contributed by atoms with E-state index in [0.717, 1.165) is 11.1 Å². The first-order valence-electron chi connectivity index (χ1n) is 7.75. The molecular formula is C18H19FN2O2. The van der Waals surface area contributed by atoms with Crippen LogP contribution in [0.3, 0.4) is 0 Å². The van der Waals surface area contributed by atoms with Crippen LogP contribution in [0.2, 0.25) is 0 Å². The van der Waals surface area contributed by atoms with Gasteiger partial charge in [0.05, 0.1) is 5.92 Å². The van der Waals surface area contributed by atoms with E-state index in [4.69, 9.17) is 0 Å². The fourth-order valence-corrected chi connectivity index (χ4v) is 3.22. The lowest BCUT2D eigenvalue weighted by atomic mass is 9.97. The second-order valence-corrected chi connectivity index (χ2v) is 5.93. The fraction of sp³-hybridized carbons (Fsp3) is 0.333. The van der Waals surface area contributed by atoms with Crippen LogP contribution in [0.25, 0.3) is 0 Å². The van der Waals surface area contributed by atoms with E-state index in [1.54, 1.807) is 11.0 Å². The Balaban J connectivity index is 1.63. The van der Waals surface area contributed by atoms with Gasteiger partial charge in [0.15, 0.2) is 0 Å². The third-order valence-corrected chi connectivity index (χ3v) is 4.43. The quantitative estimate of drug-likeness (QED) is 0.685. The Hall–Kier alpha value is -2.43. The summed E-state index contributed by atoms with van der Waals surface area (Å²) in [6, 6.07) is 4.88. The van der Waals surface area contributed by atoms with Crippen molar-refractivity contribution in [2.24, 2.45) is 5.92 Å². The minimum atomic E-state index is -0.241. The lowest BCUT2D eigenvalue weighted by Gasteiger charge is -2.31. The van der Waals surface area contributed by atoms with Crippen LogP contribution < -0.4 is 5.32 Å². The van der Waals surface area contributed by atoms with Crippen LogP contribution in [-0.4, -0.2) is 29.3 Å². The topological polar surface area (TPSA) is 49.4 Å². The van der Waals surface area contributed by atoms with Gasteiger partial charge in [-0.25, -0.2) is 4.39 Å². The molecule has 0 saturated heterocycles. The predicted octanol–water partition coefficient (Wildman–Crippen LogP) is 1.96. The number of halogens is 1. The Bertz CT molecular complexity index is 684. The molecule has 0 radical (unpaired) electrons. The van der Waals surface area contributed by atoms with Crippen molar-refractivity contribution in [1.29, 1.82) is 0 Å². The number of benzene rings is 1. The van der Waals surface area contributed by atoms with Crippen LogP contribution in [-0.2, 0) is 22.6 Å². The van der Waals surface area contributed by atoms with Crippen LogP contribution >= 0.6 is 0 Å². The molecule has 1 heterocycles. The highest BCUT2D eigenvalue weighted by molar-refractivity contribution is 5.87. The number of carbonyl (C=O) groups is 2. The molecule has 2 atom stereocenters. The van der Waals surface area contributed by atoms with E-state index in [0.29, 0.717) is 25.9 Å². The van der Waals surface area contributed by atoms with Gasteiger partial charge >= 0.3 is 0 Å². The first kappa shape index (κ1) is 15.5. The van der Waals surface area contributed by atoms with Crippen molar-refractivity contribution in [1.82, 2.24) is 10.2 Å². The van der Waals surface area contributed by atoms with E-state index < -0.39 is 0 Å². The van der Waals surface area contributed by atoms with E-state index in [-0.39, 0.29) is 29.6 Å².